The van der Waals surface area contributed by atoms with E-state index in [4.69, 9.17) is 27.9 Å². The summed E-state index contributed by atoms with van der Waals surface area (Å²) in [6.45, 7) is 2.00. The molecule has 1 aromatic heterocycles. The Morgan fingerprint density at radius 2 is 1.65 bits per heavy atom. The smallest absolute Gasteiger partial charge is 0.245 e. The van der Waals surface area contributed by atoms with Crippen LogP contribution in [-0.4, -0.2) is 92.5 Å². The number of aliphatic hydroxyl groups is 1. The van der Waals surface area contributed by atoms with E-state index in [0.29, 0.717) is 59.5 Å². The number of aromatic nitrogens is 2. The van der Waals surface area contributed by atoms with E-state index in [1.165, 1.54) is 4.90 Å². The zero-order chi connectivity index (χ0) is 44.7. The second kappa shape index (κ2) is 20.2. The van der Waals surface area contributed by atoms with Crippen LogP contribution in [0.25, 0.3) is 11.3 Å². The number of fused-ring (bicyclic) bond motifs is 2. The standard InChI is InChI=1S/C48H53Cl2N7O6/c1-31-45(60)53-40(29-58)46(61)54-48(25-33-10-15-37(49)16-11-33)20-7-21-56(30-48)47(62)36(22-32-8-5-4-6-9-32)23-44(59)57(31)28-35-12-17-38(50)24-42(35)63-39-18-13-34(14-19-39)41-26-52-43(27-51-2)55(41)3/h4-6,8-19,24,26,31,36,40,51,58H,7,20-23,25,27-30H2,1-3H3,(H,53,60)(H,54,61)/t31-,36+,40-,48+/m0/s1. The van der Waals surface area contributed by atoms with Crippen molar-refractivity contribution < 1.29 is 29.0 Å². The Morgan fingerprint density at radius 1 is 0.921 bits per heavy atom. The van der Waals surface area contributed by atoms with Crippen LogP contribution in [0.15, 0.2) is 103 Å². The Hall–Kier alpha value is -5.73. The van der Waals surface area contributed by atoms with Gasteiger partial charge in [0.1, 0.15) is 29.4 Å². The average Bonchev–Trinajstić information content (AvgIpc) is 3.64. The third-order valence-electron chi connectivity index (χ3n) is 12.0. The molecule has 4 amide bonds. The minimum Gasteiger partial charge on any atom is -0.457 e. The Labute approximate surface area is 377 Å². The van der Waals surface area contributed by atoms with Crippen molar-refractivity contribution in [1.82, 2.24) is 35.3 Å². The molecule has 4 N–H and O–H groups in total. The van der Waals surface area contributed by atoms with Gasteiger partial charge in [-0.25, -0.2) is 4.98 Å². The minimum absolute atomic E-state index is 0.0998. The van der Waals surface area contributed by atoms with Gasteiger partial charge in [-0.05, 0) is 99.3 Å². The molecule has 2 aliphatic rings. The van der Waals surface area contributed by atoms with Crippen LogP contribution in [0.2, 0.25) is 10.0 Å². The van der Waals surface area contributed by atoms with E-state index >= 15 is 0 Å². The quantitative estimate of drug-likeness (QED) is 0.117. The van der Waals surface area contributed by atoms with E-state index in [0.717, 1.165) is 28.2 Å². The molecule has 4 aromatic carbocycles. The fraction of sp³-hybridized carbons (Fsp3) is 0.354. The van der Waals surface area contributed by atoms with E-state index in [1.807, 2.05) is 91.6 Å². The number of carbonyl (C=O) groups is 4. The van der Waals surface area contributed by atoms with Gasteiger partial charge in [0, 0.05) is 47.7 Å². The monoisotopic (exact) mass is 893 g/mol. The highest BCUT2D eigenvalue weighted by Crippen LogP contribution is 2.33. The Bertz CT molecular complexity index is 2410. The lowest BCUT2D eigenvalue weighted by Gasteiger charge is -2.45. The number of hydrogen-bond donors (Lipinski definition) is 4. The van der Waals surface area contributed by atoms with Crippen LogP contribution in [-0.2, 0) is 52.2 Å². The number of hydrogen-bond acceptors (Lipinski definition) is 8. The van der Waals surface area contributed by atoms with Crippen molar-refractivity contribution >= 4 is 46.8 Å². The Morgan fingerprint density at radius 3 is 2.37 bits per heavy atom. The lowest BCUT2D eigenvalue weighted by Crippen LogP contribution is -2.65. The molecule has 15 heteroatoms. The maximum absolute atomic E-state index is 14.8. The fourth-order valence-electron chi connectivity index (χ4n) is 8.55. The number of piperidine rings is 1. The normalized spacial score (nSPS) is 21.1. The van der Waals surface area contributed by atoms with E-state index in [2.05, 4.69) is 20.9 Å². The van der Waals surface area contributed by atoms with Crippen molar-refractivity contribution in [2.45, 2.75) is 69.7 Å². The SMILES string of the molecule is CNCc1ncc(-c2ccc(Oc3cc(Cl)ccc3CN3C(=O)C[C@@H](Cc4ccccc4)C(=O)N4CCC[C@@](Cc5ccc(Cl)cc5)(C4)NC(=O)[C@H](CO)NC(=O)[C@@H]3C)cc2)n1C. The molecule has 2 aliphatic heterocycles. The summed E-state index contributed by atoms with van der Waals surface area (Å²) in [5.41, 5.74) is 3.27. The molecule has 0 saturated carbocycles. The van der Waals surface area contributed by atoms with E-state index in [-0.39, 0.29) is 31.8 Å². The molecule has 4 atom stereocenters. The maximum Gasteiger partial charge on any atom is 0.245 e. The van der Waals surface area contributed by atoms with Crippen LogP contribution < -0.4 is 20.7 Å². The summed E-state index contributed by atoms with van der Waals surface area (Å²) in [6.07, 6.45) is 3.39. The first-order chi connectivity index (χ1) is 30.3. The van der Waals surface area contributed by atoms with Gasteiger partial charge in [0.25, 0.3) is 0 Å². The highest BCUT2D eigenvalue weighted by molar-refractivity contribution is 6.31. The zero-order valence-electron chi connectivity index (χ0n) is 35.7. The van der Waals surface area contributed by atoms with Gasteiger partial charge < -0.3 is 40.2 Å². The molecule has 0 radical (unpaired) electrons. The van der Waals surface area contributed by atoms with Crippen LogP contribution in [0, 0.1) is 5.92 Å². The topological polar surface area (TPSA) is 158 Å². The highest BCUT2D eigenvalue weighted by Gasteiger charge is 2.43. The number of rotatable bonds is 12. The van der Waals surface area contributed by atoms with Crippen molar-refractivity contribution in [2.24, 2.45) is 13.0 Å². The second-order valence-electron chi connectivity index (χ2n) is 16.5. The van der Waals surface area contributed by atoms with Gasteiger partial charge in [-0.1, -0.05) is 71.7 Å². The number of ether oxygens (including phenoxy) is 1. The number of benzene rings is 4. The first kappa shape index (κ1) is 45.3. The molecule has 2 saturated heterocycles. The second-order valence-corrected chi connectivity index (χ2v) is 17.4. The minimum atomic E-state index is -1.34. The van der Waals surface area contributed by atoms with Gasteiger partial charge in [-0.3, -0.25) is 19.2 Å². The average molecular weight is 895 g/mol. The van der Waals surface area contributed by atoms with Gasteiger partial charge in [0.05, 0.1) is 43.0 Å². The highest BCUT2D eigenvalue weighted by atomic mass is 35.5. The molecular weight excluding hydrogens is 841 g/mol. The van der Waals surface area contributed by atoms with E-state index < -0.39 is 47.9 Å². The number of amides is 4. The van der Waals surface area contributed by atoms with Crippen LogP contribution >= 0.6 is 23.2 Å². The first-order valence-corrected chi connectivity index (χ1v) is 21.9. The maximum atomic E-state index is 14.8. The van der Waals surface area contributed by atoms with Gasteiger partial charge in [0.15, 0.2) is 0 Å². The summed E-state index contributed by atoms with van der Waals surface area (Å²) >= 11 is 12.7. The fourth-order valence-corrected chi connectivity index (χ4v) is 8.84. The third-order valence-corrected chi connectivity index (χ3v) is 12.5. The molecular formula is C48H53Cl2N7O6. The van der Waals surface area contributed by atoms with Gasteiger partial charge in [-0.2, -0.15) is 0 Å². The number of aliphatic hydroxyl groups excluding tert-OH is 1. The van der Waals surface area contributed by atoms with Crippen LogP contribution in [0.1, 0.15) is 48.7 Å². The van der Waals surface area contributed by atoms with Gasteiger partial charge >= 0.3 is 0 Å². The lowest BCUT2D eigenvalue weighted by atomic mass is 9.81. The number of nitrogens with one attached hydrogen (secondary N) is 3. The number of carbonyl (C=O) groups excluding carboxylic acids is 4. The molecule has 2 bridgehead atoms. The zero-order valence-corrected chi connectivity index (χ0v) is 37.2. The van der Waals surface area contributed by atoms with Crippen LogP contribution in [0.3, 0.4) is 0 Å². The molecule has 330 valence electrons. The van der Waals surface area contributed by atoms with Gasteiger partial charge in [0.2, 0.25) is 23.6 Å². The molecule has 13 nitrogen and oxygen atoms in total. The Balaban J connectivity index is 1.21. The first-order valence-electron chi connectivity index (χ1n) is 21.2. The van der Waals surface area contributed by atoms with E-state index in [1.54, 1.807) is 42.2 Å². The van der Waals surface area contributed by atoms with Crippen molar-refractivity contribution in [3.05, 3.63) is 136 Å². The molecule has 0 aliphatic carbocycles. The summed E-state index contributed by atoms with van der Waals surface area (Å²) in [4.78, 5) is 65.7. The molecule has 0 unspecified atom stereocenters. The van der Waals surface area contributed by atoms with Crippen LogP contribution in [0.4, 0.5) is 0 Å². The molecule has 7 rings (SSSR count). The predicted octanol–water partition coefficient (Wildman–Crippen LogP) is 6.08. The molecule has 0 spiro atoms. The number of nitrogens with zero attached hydrogens (tertiary/aromatic N) is 4. The van der Waals surface area contributed by atoms with Crippen molar-refractivity contribution in [1.29, 1.82) is 0 Å². The lowest BCUT2D eigenvalue weighted by molar-refractivity contribution is -0.147. The largest absolute Gasteiger partial charge is 0.457 e. The molecule has 3 heterocycles. The van der Waals surface area contributed by atoms with Gasteiger partial charge in [-0.15, -0.1) is 0 Å². The van der Waals surface area contributed by atoms with Crippen molar-refractivity contribution in [2.75, 3.05) is 26.7 Å². The van der Waals surface area contributed by atoms with Crippen molar-refractivity contribution in [3.63, 3.8) is 0 Å². The Kier molecular flexibility index (Phi) is 14.5. The third kappa shape index (κ3) is 10.9. The number of imidazole rings is 1. The molecule has 2 fully saturated rings. The van der Waals surface area contributed by atoms with Crippen LogP contribution in [0.5, 0.6) is 11.5 Å². The van der Waals surface area contributed by atoms with Crippen molar-refractivity contribution in [3.8, 4) is 22.8 Å². The summed E-state index contributed by atoms with van der Waals surface area (Å²) < 4.78 is 8.44. The molecule has 63 heavy (non-hydrogen) atoms. The predicted molar refractivity (Wildman–Crippen MR) is 242 cm³/mol. The summed E-state index contributed by atoms with van der Waals surface area (Å²) in [5.74, 6) is -0.947. The summed E-state index contributed by atoms with van der Waals surface area (Å²) in [6, 6.07) is 26.9. The number of halogens is 2. The molecule has 5 aromatic rings. The van der Waals surface area contributed by atoms with E-state index in [9.17, 15) is 24.3 Å². The summed E-state index contributed by atoms with van der Waals surface area (Å²) in [7, 11) is 3.83. The summed E-state index contributed by atoms with van der Waals surface area (Å²) in [5, 5.41) is 20.5.